The number of hydrogen-bond acceptors (Lipinski definition) is 3. The van der Waals surface area contributed by atoms with E-state index in [4.69, 9.17) is 19.6 Å². The molecule has 84 valence electrons. The van der Waals surface area contributed by atoms with Crippen LogP contribution in [0.25, 0.3) is 0 Å². The van der Waals surface area contributed by atoms with Crippen molar-refractivity contribution in [1.82, 2.24) is 0 Å². The average molecular weight is 281 g/mol. The van der Waals surface area contributed by atoms with Gasteiger partial charge in [0.1, 0.15) is 0 Å². The molecule has 0 aliphatic heterocycles. The van der Waals surface area contributed by atoms with E-state index in [9.17, 15) is 9.13 Å². The van der Waals surface area contributed by atoms with Gasteiger partial charge < -0.3 is 36.0 Å². The molecule has 0 atom stereocenters. The largest absolute Gasteiger partial charge is 0.478 e. The van der Waals surface area contributed by atoms with Crippen LogP contribution in [0.1, 0.15) is 0 Å². The van der Waals surface area contributed by atoms with Crippen molar-refractivity contribution in [1.29, 1.82) is 0 Å². The average Bonchev–Trinajstić information content (AvgIpc) is 1.14. The Bertz CT molecular complexity index is 157. The van der Waals surface area contributed by atoms with E-state index in [2.05, 4.69) is 4.31 Å². The maximum absolute atomic E-state index is 9.63. The minimum absolute atomic E-state index is 0. The van der Waals surface area contributed by atoms with E-state index in [0.29, 0.717) is 0 Å². The molecule has 0 aliphatic carbocycles. The lowest BCUT2D eigenvalue weighted by Crippen LogP contribution is -1.84. The summed E-state index contributed by atoms with van der Waals surface area (Å²) < 4.78 is 22.2. The molecular formula is H10Mg2O10P2. The molecule has 14 heavy (non-hydrogen) atoms. The highest BCUT2D eigenvalue weighted by atomic mass is 31.3. The maximum Gasteiger partial charge on any atom is 0.478 e. The monoisotopic (exact) mass is 280 g/mol. The van der Waals surface area contributed by atoms with Crippen LogP contribution in [-0.2, 0) is 13.4 Å². The first-order valence-corrected chi connectivity index (χ1v) is 4.59. The van der Waals surface area contributed by atoms with E-state index in [1.54, 1.807) is 0 Å². The summed E-state index contributed by atoms with van der Waals surface area (Å²) in [7, 11) is -10.1. The van der Waals surface area contributed by atoms with Gasteiger partial charge in [-0.3, -0.25) is 0 Å². The lowest BCUT2D eigenvalue weighted by molar-refractivity contribution is 0.225. The van der Waals surface area contributed by atoms with E-state index >= 15 is 0 Å². The topological polar surface area (TPSA) is 219 Å². The van der Waals surface area contributed by atoms with E-state index in [0.717, 1.165) is 0 Å². The minimum atomic E-state index is -5.05. The lowest BCUT2D eigenvalue weighted by Gasteiger charge is -2.03. The molecule has 10 N–H and O–H groups in total. The lowest BCUT2D eigenvalue weighted by atomic mass is 15.7. The Morgan fingerprint density at radius 1 is 0.714 bits per heavy atom. The molecule has 0 saturated heterocycles. The fourth-order valence-corrected chi connectivity index (χ4v) is 1.25. The SMILES string of the molecule is O.O.O.O=P(O)(O)OP(=O)(O)O.[Mg].[Mg]. The highest BCUT2D eigenvalue weighted by molar-refractivity contribution is 7.60. The van der Waals surface area contributed by atoms with Gasteiger partial charge in [-0.25, -0.2) is 9.13 Å². The minimum Gasteiger partial charge on any atom is -0.412 e. The first-order valence-electron chi connectivity index (χ1n) is 1.53. The molecule has 0 fully saturated rings. The predicted octanol–water partition coefficient (Wildman–Crippen LogP) is -4.05. The van der Waals surface area contributed by atoms with Crippen LogP contribution in [0.4, 0.5) is 0 Å². The van der Waals surface area contributed by atoms with Crippen molar-refractivity contribution in [3.63, 3.8) is 0 Å². The third-order valence-electron chi connectivity index (χ3n) is 0.213. The Hall–Kier alpha value is 1.67. The molecule has 0 aromatic carbocycles. The van der Waals surface area contributed by atoms with Gasteiger partial charge in [0.25, 0.3) is 0 Å². The van der Waals surface area contributed by atoms with Crippen molar-refractivity contribution in [2.24, 2.45) is 0 Å². The van der Waals surface area contributed by atoms with Crippen LogP contribution in [-0.4, -0.2) is 82.1 Å². The van der Waals surface area contributed by atoms with Crippen LogP contribution in [0, 0.1) is 0 Å². The van der Waals surface area contributed by atoms with Gasteiger partial charge in [-0.05, 0) is 0 Å². The molecule has 0 aromatic heterocycles. The molecule has 14 heteroatoms. The molecule has 0 saturated carbocycles. The van der Waals surface area contributed by atoms with Crippen LogP contribution >= 0.6 is 15.6 Å². The Kier molecular flexibility index (Phi) is 32.8. The van der Waals surface area contributed by atoms with E-state index < -0.39 is 15.6 Å². The quantitative estimate of drug-likeness (QED) is 0.289. The Labute approximate surface area is 111 Å². The van der Waals surface area contributed by atoms with Gasteiger partial charge in [0.2, 0.25) is 0 Å². The van der Waals surface area contributed by atoms with Crippen molar-refractivity contribution in [3.05, 3.63) is 0 Å². The molecule has 0 rings (SSSR count). The second-order valence-electron chi connectivity index (χ2n) is 1.06. The normalized spacial score (nSPS) is 8.86. The molecule has 0 aliphatic rings. The highest BCUT2D eigenvalue weighted by Gasteiger charge is 2.27. The number of rotatable bonds is 2. The Morgan fingerprint density at radius 3 is 0.857 bits per heavy atom. The van der Waals surface area contributed by atoms with Gasteiger partial charge in [-0.15, -0.1) is 0 Å². The number of hydrogen-bond donors (Lipinski definition) is 4. The van der Waals surface area contributed by atoms with Gasteiger partial charge in [0.15, 0.2) is 0 Å². The number of phosphoric acid groups is 2. The zero-order valence-electron chi connectivity index (χ0n) is 6.82. The van der Waals surface area contributed by atoms with Crippen LogP contribution in [0.2, 0.25) is 0 Å². The second kappa shape index (κ2) is 12.7. The fourth-order valence-electron chi connectivity index (χ4n) is 0.139. The van der Waals surface area contributed by atoms with Gasteiger partial charge >= 0.3 is 15.6 Å². The second-order valence-corrected chi connectivity index (χ2v) is 3.68. The smallest absolute Gasteiger partial charge is 0.412 e. The van der Waals surface area contributed by atoms with Crippen LogP contribution in [0.15, 0.2) is 0 Å². The molecule has 0 heterocycles. The van der Waals surface area contributed by atoms with Crippen LogP contribution < -0.4 is 0 Å². The van der Waals surface area contributed by atoms with Crippen molar-refractivity contribution in [2.45, 2.75) is 0 Å². The Morgan fingerprint density at radius 2 is 0.857 bits per heavy atom. The summed E-state index contributed by atoms with van der Waals surface area (Å²) in [5.41, 5.74) is 0. The van der Waals surface area contributed by atoms with Crippen molar-refractivity contribution in [2.75, 3.05) is 0 Å². The molecule has 0 bridgehead atoms. The van der Waals surface area contributed by atoms with Gasteiger partial charge in [-0.1, -0.05) is 0 Å². The molecule has 10 nitrogen and oxygen atoms in total. The molecule has 0 unspecified atom stereocenters. The summed E-state index contributed by atoms with van der Waals surface area (Å²) in [6.45, 7) is 0. The molecule has 0 spiro atoms. The zero-order chi connectivity index (χ0) is 7.71. The fraction of sp³-hybridized carbons (Fsp3) is 0. The van der Waals surface area contributed by atoms with Gasteiger partial charge in [0, 0.05) is 46.1 Å². The maximum atomic E-state index is 9.63. The summed E-state index contributed by atoms with van der Waals surface area (Å²) in [5, 5.41) is 0. The summed E-state index contributed by atoms with van der Waals surface area (Å²) >= 11 is 0. The zero-order valence-corrected chi connectivity index (χ0v) is 11.4. The summed E-state index contributed by atoms with van der Waals surface area (Å²) in [4.78, 5) is 31.0. The van der Waals surface area contributed by atoms with E-state index in [1.807, 2.05) is 0 Å². The van der Waals surface area contributed by atoms with Gasteiger partial charge in [0.05, 0.1) is 0 Å². The third-order valence-corrected chi connectivity index (χ3v) is 1.91. The molecule has 0 amide bonds. The van der Waals surface area contributed by atoms with E-state index in [1.165, 1.54) is 0 Å². The van der Waals surface area contributed by atoms with Crippen molar-refractivity contribution >= 4 is 61.8 Å². The van der Waals surface area contributed by atoms with E-state index in [-0.39, 0.29) is 62.5 Å². The van der Waals surface area contributed by atoms with Gasteiger partial charge in [-0.2, -0.15) is 4.31 Å². The standard InChI is InChI=1S/2Mg.H4O7P2.3H2O/c;;1-8(2,3)7-9(4,5)6;;;/h;;(H2,1,2,3)(H2,4,5,6);3*1H2. The van der Waals surface area contributed by atoms with Crippen LogP contribution in [0.3, 0.4) is 0 Å². The van der Waals surface area contributed by atoms with Crippen molar-refractivity contribution in [3.8, 4) is 0 Å². The third kappa shape index (κ3) is 37.3. The first kappa shape index (κ1) is 36.1. The predicted molar refractivity (Wildman–Crippen MR) is 47.5 cm³/mol. The van der Waals surface area contributed by atoms with Crippen molar-refractivity contribution < 1.29 is 49.4 Å². The first-order chi connectivity index (χ1) is 3.71. The summed E-state index contributed by atoms with van der Waals surface area (Å²) in [6.07, 6.45) is 0. The molecule has 0 aromatic rings. The Balaban J connectivity index is -0.0000000320. The van der Waals surface area contributed by atoms with Crippen LogP contribution in [0.5, 0.6) is 0 Å². The highest BCUT2D eigenvalue weighted by Crippen LogP contribution is 2.53. The summed E-state index contributed by atoms with van der Waals surface area (Å²) in [6, 6.07) is 0. The summed E-state index contributed by atoms with van der Waals surface area (Å²) in [5.74, 6) is 0. The molecule has 4 radical (unpaired) electrons. The molecular weight excluding hydrogens is 271 g/mol.